The zero-order valence-corrected chi connectivity index (χ0v) is 15.2. The van der Waals surface area contributed by atoms with Gasteiger partial charge < -0.3 is 15.2 Å². The number of hydrogen-bond donors (Lipinski definition) is 2. The van der Waals surface area contributed by atoms with Gasteiger partial charge in [0.05, 0.1) is 18.4 Å². The van der Waals surface area contributed by atoms with Crippen LogP contribution in [-0.2, 0) is 16.0 Å². The van der Waals surface area contributed by atoms with Crippen molar-refractivity contribution in [2.24, 2.45) is 5.73 Å². The molecule has 0 radical (unpaired) electrons. The number of amides is 1. The molecule has 1 aromatic heterocycles. The van der Waals surface area contributed by atoms with Crippen molar-refractivity contribution in [2.45, 2.75) is 31.5 Å². The Morgan fingerprint density at radius 3 is 3.08 bits per heavy atom. The topological polar surface area (TPSA) is 86.5 Å². The Morgan fingerprint density at radius 1 is 1.40 bits per heavy atom. The first-order valence-corrected chi connectivity index (χ1v) is 8.99. The van der Waals surface area contributed by atoms with E-state index in [2.05, 4.69) is 16.4 Å². The fraction of sp³-hybridized carbons (Fsp3) is 0.412. The number of thiazole rings is 1. The largest absolute Gasteiger partial charge is 0.493 e. The molecule has 1 fully saturated rings. The molecule has 2 atom stereocenters. The Hall–Kier alpha value is -1.67. The van der Waals surface area contributed by atoms with Gasteiger partial charge in [0.15, 0.2) is 5.13 Å². The van der Waals surface area contributed by atoms with Crippen LogP contribution < -0.4 is 15.8 Å². The molecule has 1 saturated heterocycles. The summed E-state index contributed by atoms with van der Waals surface area (Å²) in [5.74, 6) is 0.810. The molecule has 0 spiro atoms. The minimum absolute atomic E-state index is 0. The minimum atomic E-state index is -0.428. The van der Waals surface area contributed by atoms with Crippen LogP contribution in [0.15, 0.2) is 23.6 Å². The van der Waals surface area contributed by atoms with Crippen molar-refractivity contribution < 1.29 is 14.3 Å². The van der Waals surface area contributed by atoms with E-state index in [4.69, 9.17) is 15.2 Å². The van der Waals surface area contributed by atoms with Crippen molar-refractivity contribution in [1.29, 1.82) is 0 Å². The van der Waals surface area contributed by atoms with E-state index >= 15 is 0 Å². The SMILES string of the molecule is Cl.NC[C@H]1CC[C@@H](C(=O)Nc2nc(-c3ccc4c(c3)CCO4)cs2)O1. The highest BCUT2D eigenvalue weighted by molar-refractivity contribution is 7.14. The van der Waals surface area contributed by atoms with Gasteiger partial charge >= 0.3 is 0 Å². The second kappa shape index (κ2) is 7.70. The number of carbonyl (C=O) groups excluding carboxylic acids is 1. The summed E-state index contributed by atoms with van der Waals surface area (Å²) >= 11 is 1.42. The fourth-order valence-electron chi connectivity index (χ4n) is 3.07. The van der Waals surface area contributed by atoms with Crippen molar-refractivity contribution in [3.63, 3.8) is 0 Å². The van der Waals surface area contributed by atoms with Crippen LogP contribution in [-0.4, -0.2) is 36.3 Å². The van der Waals surface area contributed by atoms with Crippen molar-refractivity contribution in [2.75, 3.05) is 18.5 Å². The first-order chi connectivity index (χ1) is 11.7. The number of carbonyl (C=O) groups is 1. The van der Waals surface area contributed by atoms with E-state index in [0.29, 0.717) is 18.1 Å². The second-order valence-electron chi connectivity index (χ2n) is 6.01. The van der Waals surface area contributed by atoms with Gasteiger partial charge in [0.2, 0.25) is 0 Å². The molecule has 3 heterocycles. The van der Waals surface area contributed by atoms with Gasteiger partial charge in [-0.05, 0) is 36.6 Å². The van der Waals surface area contributed by atoms with Gasteiger partial charge in [0.1, 0.15) is 11.9 Å². The van der Waals surface area contributed by atoms with Gasteiger partial charge in [-0.15, -0.1) is 23.7 Å². The molecule has 1 amide bonds. The van der Waals surface area contributed by atoms with E-state index in [-0.39, 0.29) is 24.4 Å². The Bertz CT molecular complexity index is 767. The Labute approximate surface area is 156 Å². The smallest absolute Gasteiger partial charge is 0.255 e. The zero-order chi connectivity index (χ0) is 16.5. The number of nitrogens with one attached hydrogen (secondary N) is 1. The number of hydrogen-bond acceptors (Lipinski definition) is 6. The van der Waals surface area contributed by atoms with Crippen molar-refractivity contribution >= 4 is 34.8 Å². The molecule has 4 rings (SSSR count). The van der Waals surface area contributed by atoms with Crippen LogP contribution in [0, 0.1) is 0 Å². The van der Waals surface area contributed by atoms with E-state index in [1.54, 1.807) is 0 Å². The third kappa shape index (κ3) is 3.79. The Morgan fingerprint density at radius 2 is 2.28 bits per heavy atom. The van der Waals surface area contributed by atoms with E-state index in [1.165, 1.54) is 16.9 Å². The molecule has 2 aliphatic rings. The summed E-state index contributed by atoms with van der Waals surface area (Å²) in [5.41, 5.74) is 8.68. The minimum Gasteiger partial charge on any atom is -0.493 e. The maximum atomic E-state index is 12.2. The lowest BCUT2D eigenvalue weighted by molar-refractivity contribution is -0.126. The van der Waals surface area contributed by atoms with Crippen molar-refractivity contribution in [1.82, 2.24) is 4.98 Å². The summed E-state index contributed by atoms with van der Waals surface area (Å²) < 4.78 is 11.1. The fourth-order valence-corrected chi connectivity index (χ4v) is 3.79. The number of fused-ring (bicyclic) bond motifs is 1. The monoisotopic (exact) mass is 381 g/mol. The van der Waals surface area contributed by atoms with E-state index in [1.807, 2.05) is 17.5 Å². The van der Waals surface area contributed by atoms with E-state index in [0.717, 1.165) is 36.5 Å². The van der Waals surface area contributed by atoms with Crippen LogP contribution in [0.5, 0.6) is 5.75 Å². The molecular weight excluding hydrogens is 362 g/mol. The zero-order valence-electron chi connectivity index (χ0n) is 13.6. The highest BCUT2D eigenvalue weighted by Gasteiger charge is 2.30. The first-order valence-electron chi connectivity index (χ1n) is 8.11. The number of benzene rings is 1. The molecule has 3 N–H and O–H groups in total. The van der Waals surface area contributed by atoms with Crippen LogP contribution in [0.2, 0.25) is 0 Å². The van der Waals surface area contributed by atoms with E-state index in [9.17, 15) is 4.79 Å². The summed E-state index contributed by atoms with van der Waals surface area (Å²) in [5, 5.41) is 5.39. The summed E-state index contributed by atoms with van der Waals surface area (Å²) in [6.07, 6.45) is 2.02. The highest BCUT2D eigenvalue weighted by Crippen LogP contribution is 2.32. The second-order valence-corrected chi connectivity index (χ2v) is 6.87. The van der Waals surface area contributed by atoms with Gasteiger partial charge in [0, 0.05) is 23.9 Å². The number of aromatic nitrogens is 1. The third-order valence-electron chi connectivity index (χ3n) is 4.38. The molecule has 6 nitrogen and oxygen atoms in total. The molecular formula is C17H20ClN3O3S. The molecule has 0 bridgehead atoms. The first kappa shape index (κ1) is 18.1. The average Bonchev–Trinajstić information content (AvgIpc) is 3.33. The molecule has 2 aliphatic heterocycles. The van der Waals surface area contributed by atoms with Crippen LogP contribution in [0.1, 0.15) is 18.4 Å². The van der Waals surface area contributed by atoms with Crippen molar-refractivity contribution in [3.8, 4) is 17.0 Å². The van der Waals surface area contributed by atoms with Crippen LogP contribution in [0.3, 0.4) is 0 Å². The standard InChI is InChI=1S/C17H19N3O3S.ClH/c18-8-12-2-4-15(23-12)16(21)20-17-19-13(9-24-17)10-1-3-14-11(7-10)5-6-22-14;/h1,3,7,9,12,15H,2,4-6,8,18H2,(H,19,20,21);1H/t12-,15+;/m1./s1. The summed E-state index contributed by atoms with van der Waals surface area (Å²) in [4.78, 5) is 16.8. The van der Waals surface area contributed by atoms with Crippen LogP contribution >= 0.6 is 23.7 Å². The van der Waals surface area contributed by atoms with Gasteiger partial charge in [-0.3, -0.25) is 10.1 Å². The number of anilines is 1. The van der Waals surface area contributed by atoms with Crippen LogP contribution in [0.4, 0.5) is 5.13 Å². The van der Waals surface area contributed by atoms with Gasteiger partial charge in [-0.2, -0.15) is 0 Å². The Kier molecular flexibility index (Phi) is 5.58. The molecule has 25 heavy (non-hydrogen) atoms. The van der Waals surface area contributed by atoms with Crippen molar-refractivity contribution in [3.05, 3.63) is 29.1 Å². The lowest BCUT2D eigenvalue weighted by Gasteiger charge is -2.11. The summed E-state index contributed by atoms with van der Waals surface area (Å²) in [6.45, 7) is 1.19. The van der Waals surface area contributed by atoms with Gasteiger partial charge in [-0.25, -0.2) is 4.98 Å². The van der Waals surface area contributed by atoms with Gasteiger partial charge in [-0.1, -0.05) is 0 Å². The lowest BCUT2D eigenvalue weighted by Crippen LogP contribution is -2.29. The maximum Gasteiger partial charge on any atom is 0.255 e. The molecule has 1 aromatic carbocycles. The number of rotatable bonds is 4. The number of halogens is 1. The predicted octanol–water partition coefficient (Wildman–Crippen LogP) is 2.61. The van der Waals surface area contributed by atoms with E-state index < -0.39 is 6.10 Å². The average molecular weight is 382 g/mol. The maximum absolute atomic E-state index is 12.2. The molecule has 0 aliphatic carbocycles. The summed E-state index contributed by atoms with van der Waals surface area (Å²) in [7, 11) is 0. The molecule has 0 saturated carbocycles. The molecule has 2 aromatic rings. The molecule has 134 valence electrons. The quantitative estimate of drug-likeness (QED) is 0.850. The van der Waals surface area contributed by atoms with Crippen LogP contribution in [0.25, 0.3) is 11.3 Å². The Balaban J connectivity index is 0.00000182. The normalized spacial score (nSPS) is 21.3. The summed E-state index contributed by atoms with van der Waals surface area (Å²) in [6, 6.07) is 6.08. The number of nitrogens with zero attached hydrogens (tertiary/aromatic N) is 1. The lowest BCUT2D eigenvalue weighted by atomic mass is 10.1. The third-order valence-corrected chi connectivity index (χ3v) is 5.14. The molecule has 8 heteroatoms. The number of nitrogens with two attached hydrogens (primary N) is 1. The van der Waals surface area contributed by atoms with Gasteiger partial charge in [0.25, 0.3) is 5.91 Å². The molecule has 0 unspecified atom stereocenters. The predicted molar refractivity (Wildman–Crippen MR) is 99.6 cm³/mol. The number of ether oxygens (including phenoxy) is 2. The highest BCUT2D eigenvalue weighted by atomic mass is 35.5.